The van der Waals surface area contributed by atoms with Crippen LogP contribution >= 0.6 is 0 Å². The van der Waals surface area contributed by atoms with Crippen LogP contribution in [-0.2, 0) is 0 Å². The van der Waals surface area contributed by atoms with Crippen molar-refractivity contribution in [3.05, 3.63) is 182 Å². The Morgan fingerprint density at radius 1 is 0.491 bits per heavy atom. The number of ether oxygens (including phenoxy) is 1. The van der Waals surface area contributed by atoms with Crippen LogP contribution in [0.3, 0.4) is 0 Å². The average molecular weight is 706 g/mol. The fraction of sp³-hybridized carbons (Fsp3) is 0.0400. The molecule has 5 heteroatoms. The Kier molecular flexibility index (Phi) is 6.39. The quantitative estimate of drug-likeness (QED) is 0.180. The molecule has 258 valence electrons. The largest absolute Gasteiger partial charge is 0.485 e. The Labute approximate surface area is 316 Å². The third-order valence-corrected chi connectivity index (χ3v) is 11.4. The normalized spacial score (nSPS) is 16.0. The topological polar surface area (TPSA) is 53.1 Å². The van der Waals surface area contributed by atoms with Gasteiger partial charge in [-0.3, -0.25) is 4.57 Å². The van der Waals surface area contributed by atoms with Crippen molar-refractivity contribution in [1.82, 2.24) is 14.5 Å². The maximum absolute atomic E-state index is 6.93. The summed E-state index contributed by atoms with van der Waals surface area (Å²) in [5.41, 5.74) is 12.9. The molecule has 5 nitrogen and oxygen atoms in total. The number of benzene rings is 7. The molecule has 2 aliphatic rings. The minimum Gasteiger partial charge on any atom is -0.485 e. The lowest BCUT2D eigenvalue weighted by molar-refractivity contribution is 0.233. The second-order valence-electron chi connectivity index (χ2n) is 14.4. The summed E-state index contributed by atoms with van der Waals surface area (Å²) in [4.78, 5) is 10.9. The molecule has 55 heavy (non-hydrogen) atoms. The summed E-state index contributed by atoms with van der Waals surface area (Å²) >= 11 is 0. The van der Waals surface area contributed by atoms with Crippen molar-refractivity contribution in [3.63, 3.8) is 0 Å². The minimum atomic E-state index is -0.198. The van der Waals surface area contributed by atoms with Crippen LogP contribution < -0.4 is 4.74 Å². The predicted molar refractivity (Wildman–Crippen MR) is 223 cm³/mol. The monoisotopic (exact) mass is 705 g/mol. The number of furan rings is 1. The first kappa shape index (κ1) is 30.2. The molecule has 0 fully saturated rings. The maximum atomic E-state index is 6.93. The van der Waals surface area contributed by atoms with Gasteiger partial charge in [-0.2, -0.15) is 0 Å². The highest BCUT2D eigenvalue weighted by Crippen LogP contribution is 2.48. The molecule has 0 bridgehead atoms. The lowest BCUT2D eigenvalue weighted by Crippen LogP contribution is -2.24. The molecular formula is C50H31N3O2. The molecule has 2 atom stereocenters. The Morgan fingerprint density at radius 3 is 2.05 bits per heavy atom. The number of para-hydroxylation sites is 6. The van der Waals surface area contributed by atoms with E-state index < -0.39 is 0 Å². The van der Waals surface area contributed by atoms with Crippen LogP contribution in [0.5, 0.6) is 5.75 Å². The van der Waals surface area contributed by atoms with E-state index in [1.165, 1.54) is 16.7 Å². The summed E-state index contributed by atoms with van der Waals surface area (Å²) in [5, 5.41) is 4.42. The van der Waals surface area contributed by atoms with Crippen LogP contribution in [-0.4, -0.2) is 20.6 Å². The molecule has 0 amide bonds. The van der Waals surface area contributed by atoms with Crippen LogP contribution in [0, 0.1) is 0 Å². The molecule has 10 aromatic rings. The van der Waals surface area contributed by atoms with Crippen LogP contribution in [0.4, 0.5) is 0 Å². The first-order valence-corrected chi connectivity index (χ1v) is 18.7. The third-order valence-electron chi connectivity index (χ3n) is 11.4. The van der Waals surface area contributed by atoms with Crippen LogP contribution in [0.2, 0.25) is 0 Å². The predicted octanol–water partition coefficient (Wildman–Crippen LogP) is 12.6. The van der Waals surface area contributed by atoms with E-state index in [2.05, 4.69) is 144 Å². The molecule has 1 aliphatic carbocycles. The summed E-state index contributed by atoms with van der Waals surface area (Å²) in [7, 11) is 0. The molecule has 0 radical (unpaired) electrons. The van der Waals surface area contributed by atoms with Gasteiger partial charge < -0.3 is 9.15 Å². The molecule has 1 aliphatic heterocycles. The molecule has 4 heterocycles. The van der Waals surface area contributed by atoms with Crippen molar-refractivity contribution in [1.29, 1.82) is 0 Å². The standard InChI is InChI=1S/C50H31N3O2/c1-2-15-31-30(14-1)33-17-4-10-25-45(33)54-46-26-11-6-19-35(46)39-29-44-40(28-38(31)39)32-16-3-9-24-43(32)53(44)50-48(51-41-22-7-8-23-42(41)52-50)37-21-13-20-36-34-18-5-12-27-47(34)55-49(36)37/h1-29,35,46H. The number of hydrogen-bond donors (Lipinski definition) is 0. The third kappa shape index (κ3) is 4.47. The molecule has 12 rings (SSSR count). The van der Waals surface area contributed by atoms with E-state index in [-0.39, 0.29) is 12.0 Å². The summed E-state index contributed by atoms with van der Waals surface area (Å²) in [6.45, 7) is 0. The highest BCUT2D eigenvalue weighted by Gasteiger charge is 2.31. The smallest absolute Gasteiger partial charge is 0.165 e. The lowest BCUT2D eigenvalue weighted by atomic mass is 9.83. The zero-order chi connectivity index (χ0) is 36.0. The first-order valence-electron chi connectivity index (χ1n) is 18.7. The highest BCUT2D eigenvalue weighted by atomic mass is 16.5. The van der Waals surface area contributed by atoms with Gasteiger partial charge in [0.25, 0.3) is 0 Å². The van der Waals surface area contributed by atoms with E-state index in [0.717, 1.165) is 88.7 Å². The van der Waals surface area contributed by atoms with Gasteiger partial charge in [0.15, 0.2) is 5.82 Å². The summed E-state index contributed by atoms with van der Waals surface area (Å²) in [5.74, 6) is 1.59. The van der Waals surface area contributed by atoms with Gasteiger partial charge in [-0.1, -0.05) is 121 Å². The van der Waals surface area contributed by atoms with Crippen molar-refractivity contribution < 1.29 is 9.15 Å². The van der Waals surface area contributed by atoms with E-state index in [4.69, 9.17) is 19.1 Å². The SMILES string of the molecule is C1=CC2Oc3ccccc3-c3ccccc3-c3cc4c5ccccc5n(-c5nc6ccccc6nc5-c5cccc6c5oc5ccccc56)c4cc3C2C=C1. The second-order valence-corrected chi connectivity index (χ2v) is 14.4. The Bertz CT molecular complexity index is 3270. The fourth-order valence-corrected chi connectivity index (χ4v) is 8.90. The molecular weight excluding hydrogens is 675 g/mol. The van der Waals surface area contributed by atoms with Gasteiger partial charge in [-0.05, 0) is 76.9 Å². The lowest BCUT2D eigenvalue weighted by Gasteiger charge is -2.27. The zero-order valence-corrected chi connectivity index (χ0v) is 29.6. The zero-order valence-electron chi connectivity index (χ0n) is 29.6. The minimum absolute atomic E-state index is 0.0403. The molecule has 0 saturated carbocycles. The van der Waals surface area contributed by atoms with Gasteiger partial charge in [-0.25, -0.2) is 9.97 Å². The molecule has 2 unspecified atom stereocenters. The molecule has 0 N–H and O–H groups in total. The van der Waals surface area contributed by atoms with Gasteiger partial charge in [0.2, 0.25) is 0 Å². The van der Waals surface area contributed by atoms with Gasteiger partial charge in [-0.15, -0.1) is 0 Å². The van der Waals surface area contributed by atoms with E-state index in [0.29, 0.717) is 0 Å². The summed E-state index contributed by atoms with van der Waals surface area (Å²) in [6, 6.07) is 53.2. The maximum Gasteiger partial charge on any atom is 0.165 e. The molecule has 3 aromatic heterocycles. The number of rotatable bonds is 2. The van der Waals surface area contributed by atoms with Gasteiger partial charge >= 0.3 is 0 Å². The number of aromatic nitrogens is 3. The van der Waals surface area contributed by atoms with Crippen molar-refractivity contribution in [2.24, 2.45) is 0 Å². The summed E-state index contributed by atoms with van der Waals surface area (Å²) < 4.78 is 15.9. The first-order chi connectivity index (χ1) is 27.3. The molecule has 0 spiro atoms. The van der Waals surface area contributed by atoms with E-state index in [1.807, 2.05) is 36.4 Å². The fourth-order valence-electron chi connectivity index (χ4n) is 8.90. The van der Waals surface area contributed by atoms with Crippen LogP contribution in [0.1, 0.15) is 11.5 Å². The summed E-state index contributed by atoms with van der Waals surface area (Å²) in [6.07, 6.45) is 8.50. The number of allylic oxidation sites excluding steroid dienone is 2. The van der Waals surface area contributed by atoms with Crippen molar-refractivity contribution in [3.8, 4) is 45.1 Å². The van der Waals surface area contributed by atoms with Crippen LogP contribution in [0.25, 0.3) is 94.1 Å². The average Bonchev–Trinajstić information content (AvgIpc) is 3.79. The number of nitrogens with zero attached hydrogens (tertiary/aromatic N) is 3. The van der Waals surface area contributed by atoms with Gasteiger partial charge in [0, 0.05) is 38.6 Å². The number of fused-ring (bicyclic) bond motifs is 14. The Balaban J connectivity index is 1.21. The van der Waals surface area contributed by atoms with Gasteiger partial charge in [0.1, 0.15) is 28.7 Å². The van der Waals surface area contributed by atoms with Crippen molar-refractivity contribution in [2.75, 3.05) is 0 Å². The van der Waals surface area contributed by atoms with E-state index in [1.54, 1.807) is 0 Å². The molecule has 0 saturated heterocycles. The Morgan fingerprint density at radius 2 is 1.16 bits per heavy atom. The van der Waals surface area contributed by atoms with Crippen LogP contribution in [0.15, 0.2) is 180 Å². The van der Waals surface area contributed by atoms with E-state index >= 15 is 0 Å². The number of hydrogen-bond acceptors (Lipinski definition) is 4. The van der Waals surface area contributed by atoms with Crippen molar-refractivity contribution >= 4 is 54.8 Å². The molecule has 7 aromatic carbocycles. The second kappa shape index (κ2) is 11.6. The van der Waals surface area contributed by atoms with E-state index in [9.17, 15) is 0 Å². The highest BCUT2D eigenvalue weighted by molar-refractivity contribution is 6.13. The van der Waals surface area contributed by atoms with Gasteiger partial charge in [0.05, 0.1) is 22.1 Å². The van der Waals surface area contributed by atoms with Crippen molar-refractivity contribution in [2.45, 2.75) is 12.0 Å². The Hall–Kier alpha value is -7.24.